The molecule has 1 fully saturated rings. The molecule has 3 aromatic rings. The Balaban J connectivity index is 1.32. The largest absolute Gasteiger partial charge is 0.493 e. The van der Waals surface area contributed by atoms with Crippen LogP contribution >= 0.6 is 0 Å². The molecule has 1 saturated carbocycles. The van der Waals surface area contributed by atoms with E-state index in [2.05, 4.69) is 22.8 Å². The molecular weight excluding hydrogens is 412 g/mol. The quantitative estimate of drug-likeness (QED) is 0.444. The molecule has 5 nitrogen and oxygen atoms in total. The van der Waals surface area contributed by atoms with Gasteiger partial charge >= 0.3 is 0 Å². The first-order valence-corrected chi connectivity index (χ1v) is 11.7. The summed E-state index contributed by atoms with van der Waals surface area (Å²) in [5, 5.41) is 5.92. The third-order valence-corrected chi connectivity index (χ3v) is 5.96. The highest BCUT2D eigenvalue weighted by atomic mass is 16.5. The lowest BCUT2D eigenvalue weighted by Gasteiger charge is -2.20. The predicted octanol–water partition coefficient (Wildman–Crippen LogP) is 6.08. The van der Waals surface area contributed by atoms with E-state index in [0.717, 1.165) is 32.1 Å². The van der Waals surface area contributed by atoms with Crippen molar-refractivity contribution in [1.82, 2.24) is 0 Å². The van der Waals surface area contributed by atoms with Gasteiger partial charge in [-0.1, -0.05) is 61.7 Å². The van der Waals surface area contributed by atoms with E-state index in [4.69, 9.17) is 4.74 Å². The molecule has 3 aromatic carbocycles. The van der Waals surface area contributed by atoms with Crippen molar-refractivity contribution >= 4 is 23.2 Å². The average Bonchev–Trinajstić information content (AvgIpc) is 2.86. The standard InChI is InChI=1S/C28H30N2O3/c31-27(22-11-5-2-6-12-22)29-24-14-8-15-25(20-24)30-28(32)23-13-7-16-26(19-23)33-18-17-21-9-3-1-4-10-21/h1,3-4,7-10,13-16,19-20,22H,2,5-6,11-12,17-18H2,(H,29,31)(H,30,32). The molecule has 4 rings (SSSR count). The molecule has 2 N–H and O–H groups in total. The number of benzene rings is 3. The van der Waals surface area contributed by atoms with E-state index in [0.29, 0.717) is 29.3 Å². The third kappa shape index (κ3) is 6.69. The van der Waals surface area contributed by atoms with Crippen LogP contribution < -0.4 is 15.4 Å². The topological polar surface area (TPSA) is 67.4 Å². The average molecular weight is 443 g/mol. The fourth-order valence-corrected chi connectivity index (χ4v) is 4.15. The summed E-state index contributed by atoms with van der Waals surface area (Å²) in [6.45, 7) is 0.540. The lowest BCUT2D eigenvalue weighted by Crippen LogP contribution is -2.24. The van der Waals surface area contributed by atoms with Crippen molar-refractivity contribution in [2.75, 3.05) is 17.2 Å². The Hall–Kier alpha value is -3.60. The van der Waals surface area contributed by atoms with Gasteiger partial charge in [-0.05, 0) is 54.8 Å². The fourth-order valence-electron chi connectivity index (χ4n) is 4.15. The van der Waals surface area contributed by atoms with Crippen LogP contribution in [0.25, 0.3) is 0 Å². The number of rotatable bonds is 8. The summed E-state index contributed by atoms with van der Waals surface area (Å²) in [6.07, 6.45) is 6.14. The summed E-state index contributed by atoms with van der Waals surface area (Å²) >= 11 is 0. The highest BCUT2D eigenvalue weighted by Crippen LogP contribution is 2.25. The van der Waals surface area contributed by atoms with Gasteiger partial charge in [-0.15, -0.1) is 0 Å². The SMILES string of the molecule is O=C(Nc1cccc(NC(=O)C2CCCCC2)c1)c1cccc(OCCc2ccccc2)c1. The molecule has 5 heteroatoms. The Bertz CT molecular complexity index is 1080. The molecule has 1 aliphatic carbocycles. The number of anilines is 2. The minimum atomic E-state index is -0.223. The molecule has 33 heavy (non-hydrogen) atoms. The summed E-state index contributed by atoms with van der Waals surface area (Å²) < 4.78 is 5.84. The Morgan fingerprint density at radius 2 is 1.52 bits per heavy atom. The second-order valence-corrected chi connectivity index (χ2v) is 8.47. The van der Waals surface area contributed by atoms with E-state index in [1.54, 1.807) is 18.2 Å². The van der Waals surface area contributed by atoms with E-state index in [1.165, 1.54) is 12.0 Å². The second kappa shape index (κ2) is 11.3. The minimum Gasteiger partial charge on any atom is -0.493 e. The van der Waals surface area contributed by atoms with Gasteiger partial charge in [-0.25, -0.2) is 0 Å². The highest BCUT2D eigenvalue weighted by Gasteiger charge is 2.21. The van der Waals surface area contributed by atoms with E-state index in [1.807, 2.05) is 48.5 Å². The van der Waals surface area contributed by atoms with E-state index in [9.17, 15) is 9.59 Å². The maximum Gasteiger partial charge on any atom is 0.255 e. The van der Waals surface area contributed by atoms with Crippen LogP contribution in [0.1, 0.15) is 48.0 Å². The van der Waals surface area contributed by atoms with Crippen LogP contribution in [0.2, 0.25) is 0 Å². The number of amides is 2. The fraction of sp³-hybridized carbons (Fsp3) is 0.286. The molecule has 170 valence electrons. The van der Waals surface area contributed by atoms with Crippen LogP contribution in [0.4, 0.5) is 11.4 Å². The third-order valence-electron chi connectivity index (χ3n) is 5.96. The number of hydrogen-bond donors (Lipinski definition) is 2. The normalized spacial score (nSPS) is 13.8. The van der Waals surface area contributed by atoms with E-state index >= 15 is 0 Å². The summed E-state index contributed by atoms with van der Waals surface area (Å²) in [5.74, 6) is 0.589. The number of hydrogen-bond acceptors (Lipinski definition) is 3. The molecule has 0 bridgehead atoms. The van der Waals surface area contributed by atoms with Crippen LogP contribution in [0.3, 0.4) is 0 Å². The summed E-state index contributed by atoms with van der Waals surface area (Å²) in [5.41, 5.74) is 3.06. The molecule has 0 aromatic heterocycles. The van der Waals surface area contributed by atoms with Gasteiger partial charge in [0.05, 0.1) is 6.61 Å². The maximum atomic E-state index is 12.8. The zero-order valence-electron chi connectivity index (χ0n) is 18.8. The first-order valence-electron chi connectivity index (χ1n) is 11.7. The van der Waals surface area contributed by atoms with Gasteiger partial charge in [-0.2, -0.15) is 0 Å². The van der Waals surface area contributed by atoms with Crippen LogP contribution in [-0.2, 0) is 11.2 Å². The molecule has 0 radical (unpaired) electrons. The second-order valence-electron chi connectivity index (χ2n) is 8.47. The van der Waals surface area contributed by atoms with Gasteiger partial charge < -0.3 is 15.4 Å². The van der Waals surface area contributed by atoms with Gasteiger partial charge in [0.2, 0.25) is 5.91 Å². The van der Waals surface area contributed by atoms with Crippen molar-refractivity contribution in [2.45, 2.75) is 38.5 Å². The van der Waals surface area contributed by atoms with Gasteiger partial charge in [0, 0.05) is 29.3 Å². The van der Waals surface area contributed by atoms with Crippen molar-refractivity contribution in [3.8, 4) is 5.75 Å². The lowest BCUT2D eigenvalue weighted by atomic mass is 9.88. The zero-order valence-corrected chi connectivity index (χ0v) is 18.8. The van der Waals surface area contributed by atoms with E-state index in [-0.39, 0.29) is 17.7 Å². The predicted molar refractivity (Wildman–Crippen MR) is 132 cm³/mol. The Kier molecular flexibility index (Phi) is 7.75. The Morgan fingerprint density at radius 3 is 2.30 bits per heavy atom. The maximum absolute atomic E-state index is 12.8. The lowest BCUT2D eigenvalue weighted by molar-refractivity contribution is -0.120. The summed E-state index contributed by atoms with van der Waals surface area (Å²) in [4.78, 5) is 25.3. The Labute approximate surface area is 195 Å². The summed E-state index contributed by atoms with van der Waals surface area (Å²) in [7, 11) is 0. The van der Waals surface area contributed by atoms with Crippen LogP contribution in [0.5, 0.6) is 5.75 Å². The van der Waals surface area contributed by atoms with Crippen molar-refractivity contribution in [3.63, 3.8) is 0 Å². The monoisotopic (exact) mass is 442 g/mol. The molecule has 0 saturated heterocycles. The molecule has 0 aliphatic heterocycles. The smallest absolute Gasteiger partial charge is 0.255 e. The molecule has 0 spiro atoms. The first kappa shape index (κ1) is 22.6. The number of carbonyl (C=O) groups is 2. The number of carbonyl (C=O) groups excluding carboxylic acids is 2. The van der Waals surface area contributed by atoms with Crippen LogP contribution in [-0.4, -0.2) is 18.4 Å². The zero-order chi connectivity index (χ0) is 22.9. The van der Waals surface area contributed by atoms with Crippen LogP contribution in [0, 0.1) is 5.92 Å². The van der Waals surface area contributed by atoms with Gasteiger partial charge in [0.25, 0.3) is 5.91 Å². The number of ether oxygens (including phenoxy) is 1. The van der Waals surface area contributed by atoms with Gasteiger partial charge in [0.15, 0.2) is 0 Å². The molecule has 2 amide bonds. The highest BCUT2D eigenvalue weighted by molar-refractivity contribution is 6.05. The number of nitrogens with one attached hydrogen (secondary N) is 2. The van der Waals surface area contributed by atoms with Crippen LogP contribution in [0.15, 0.2) is 78.9 Å². The molecule has 0 heterocycles. The van der Waals surface area contributed by atoms with Crippen molar-refractivity contribution in [3.05, 3.63) is 90.0 Å². The van der Waals surface area contributed by atoms with Gasteiger partial charge in [0.1, 0.15) is 5.75 Å². The Morgan fingerprint density at radius 1 is 0.788 bits per heavy atom. The molecule has 0 atom stereocenters. The van der Waals surface area contributed by atoms with Gasteiger partial charge in [-0.3, -0.25) is 9.59 Å². The minimum absolute atomic E-state index is 0.0681. The van der Waals surface area contributed by atoms with Crippen molar-refractivity contribution < 1.29 is 14.3 Å². The molecular formula is C28H30N2O3. The molecule has 1 aliphatic rings. The van der Waals surface area contributed by atoms with Crippen molar-refractivity contribution in [2.24, 2.45) is 5.92 Å². The summed E-state index contributed by atoms with van der Waals surface area (Å²) in [6, 6.07) is 24.6. The first-order chi connectivity index (χ1) is 16.2. The van der Waals surface area contributed by atoms with E-state index < -0.39 is 0 Å². The van der Waals surface area contributed by atoms with Crippen molar-refractivity contribution in [1.29, 1.82) is 0 Å². The molecule has 0 unspecified atom stereocenters.